The van der Waals surface area contributed by atoms with Crippen molar-refractivity contribution in [3.8, 4) is 5.75 Å². The Kier molecular flexibility index (Phi) is 6.45. The van der Waals surface area contributed by atoms with Crippen LogP contribution in [0.3, 0.4) is 0 Å². The summed E-state index contributed by atoms with van der Waals surface area (Å²) in [5.74, 6) is -1.49. The first-order valence-electron chi connectivity index (χ1n) is 9.17. The number of methoxy groups -OCH3 is 1. The van der Waals surface area contributed by atoms with Gasteiger partial charge in [-0.3, -0.25) is 14.9 Å². The number of nitro groups is 1. The minimum atomic E-state index is -0.714. The number of piperazine rings is 1. The molecule has 1 heterocycles. The molecule has 2 aromatic carbocycles. The summed E-state index contributed by atoms with van der Waals surface area (Å²) in [5, 5.41) is 11.3. The molecule has 30 heavy (non-hydrogen) atoms. The predicted octanol–water partition coefficient (Wildman–Crippen LogP) is 2.25. The lowest BCUT2D eigenvalue weighted by Crippen LogP contribution is -2.50. The quantitative estimate of drug-likeness (QED) is 0.404. The normalized spacial score (nSPS) is 13.7. The Balaban J connectivity index is 1.59. The molecule has 2 aromatic rings. The molecule has 3 rings (SSSR count). The van der Waals surface area contributed by atoms with Crippen LogP contribution >= 0.6 is 0 Å². The summed E-state index contributed by atoms with van der Waals surface area (Å²) < 4.78 is 23.8. The molecule has 0 bridgehead atoms. The number of nitrogens with zero attached hydrogens (tertiary/aromatic N) is 3. The molecule has 0 atom stereocenters. The van der Waals surface area contributed by atoms with Gasteiger partial charge in [0.2, 0.25) is 0 Å². The maximum atomic E-state index is 13.9. The number of amides is 1. The number of nitro benzene ring substituents is 1. The number of carbonyl (C=O) groups is 2. The highest BCUT2D eigenvalue weighted by molar-refractivity contribution is 5.90. The van der Waals surface area contributed by atoms with Gasteiger partial charge in [0.1, 0.15) is 5.82 Å². The lowest BCUT2D eigenvalue weighted by atomic mass is 10.2. The minimum absolute atomic E-state index is 0.00661. The zero-order chi connectivity index (χ0) is 21.7. The number of para-hydroxylation sites is 1. The van der Waals surface area contributed by atoms with Crippen molar-refractivity contribution in [2.45, 2.75) is 0 Å². The van der Waals surface area contributed by atoms with Crippen molar-refractivity contribution in [1.82, 2.24) is 4.90 Å². The third-order valence-electron chi connectivity index (χ3n) is 4.75. The molecule has 9 nitrogen and oxygen atoms in total. The topological polar surface area (TPSA) is 102 Å². The third-order valence-corrected chi connectivity index (χ3v) is 4.75. The Hall–Kier alpha value is -3.69. The van der Waals surface area contributed by atoms with Crippen molar-refractivity contribution in [3.63, 3.8) is 0 Å². The van der Waals surface area contributed by atoms with Gasteiger partial charge in [-0.2, -0.15) is 0 Å². The average molecular weight is 417 g/mol. The molecule has 0 saturated carbocycles. The highest BCUT2D eigenvalue weighted by Gasteiger charge is 2.25. The van der Waals surface area contributed by atoms with Gasteiger partial charge in [0, 0.05) is 32.2 Å². The highest BCUT2D eigenvalue weighted by Crippen LogP contribution is 2.28. The first kappa shape index (κ1) is 21.0. The number of anilines is 1. The van der Waals surface area contributed by atoms with Gasteiger partial charge in [-0.15, -0.1) is 0 Å². The minimum Gasteiger partial charge on any atom is -0.477 e. The number of hydrogen-bond acceptors (Lipinski definition) is 7. The van der Waals surface area contributed by atoms with Gasteiger partial charge in [-0.1, -0.05) is 12.1 Å². The Labute approximate surface area is 171 Å². The van der Waals surface area contributed by atoms with Crippen LogP contribution in [0.5, 0.6) is 5.75 Å². The SMILES string of the molecule is COC(=O)c1ccc(OCC(=O)N2CCN(c3ccccc3F)CC2)c([N+](=O)[O-])c1. The van der Waals surface area contributed by atoms with Gasteiger partial charge >= 0.3 is 11.7 Å². The zero-order valence-corrected chi connectivity index (χ0v) is 16.2. The molecule has 1 saturated heterocycles. The van der Waals surface area contributed by atoms with Gasteiger partial charge in [-0.05, 0) is 24.3 Å². The summed E-state index contributed by atoms with van der Waals surface area (Å²) in [6.45, 7) is 1.28. The van der Waals surface area contributed by atoms with E-state index in [0.717, 1.165) is 6.07 Å². The van der Waals surface area contributed by atoms with E-state index in [9.17, 15) is 24.1 Å². The molecule has 1 amide bonds. The van der Waals surface area contributed by atoms with Crippen LogP contribution in [0.15, 0.2) is 42.5 Å². The number of esters is 1. The van der Waals surface area contributed by atoms with E-state index >= 15 is 0 Å². The Morgan fingerprint density at radius 2 is 1.83 bits per heavy atom. The van der Waals surface area contributed by atoms with E-state index in [2.05, 4.69) is 4.74 Å². The fourth-order valence-electron chi connectivity index (χ4n) is 3.16. The van der Waals surface area contributed by atoms with Crippen LogP contribution in [0.2, 0.25) is 0 Å². The number of carbonyl (C=O) groups excluding carboxylic acids is 2. The average Bonchev–Trinajstić information content (AvgIpc) is 2.77. The number of benzene rings is 2. The summed E-state index contributed by atoms with van der Waals surface area (Å²) >= 11 is 0. The highest BCUT2D eigenvalue weighted by atomic mass is 19.1. The lowest BCUT2D eigenvalue weighted by molar-refractivity contribution is -0.385. The monoisotopic (exact) mass is 417 g/mol. The van der Waals surface area contributed by atoms with Gasteiger partial charge in [-0.25, -0.2) is 9.18 Å². The van der Waals surface area contributed by atoms with Crippen molar-refractivity contribution < 1.29 is 28.4 Å². The van der Waals surface area contributed by atoms with Gasteiger partial charge in [0.05, 0.1) is 23.3 Å². The van der Waals surface area contributed by atoms with E-state index < -0.39 is 23.2 Å². The van der Waals surface area contributed by atoms with Crippen molar-refractivity contribution >= 4 is 23.3 Å². The van der Waals surface area contributed by atoms with E-state index in [0.29, 0.717) is 31.9 Å². The second-order valence-electron chi connectivity index (χ2n) is 6.54. The van der Waals surface area contributed by atoms with E-state index in [-0.39, 0.29) is 23.0 Å². The molecule has 1 aliphatic rings. The maximum Gasteiger partial charge on any atom is 0.338 e. The van der Waals surface area contributed by atoms with E-state index in [1.165, 1.54) is 25.3 Å². The fourth-order valence-corrected chi connectivity index (χ4v) is 3.16. The van der Waals surface area contributed by atoms with Crippen LogP contribution in [-0.2, 0) is 9.53 Å². The van der Waals surface area contributed by atoms with Crippen LogP contribution in [0, 0.1) is 15.9 Å². The predicted molar refractivity (Wildman–Crippen MR) is 105 cm³/mol. The summed E-state index contributed by atoms with van der Waals surface area (Å²) in [6.07, 6.45) is 0. The molecule has 0 N–H and O–H groups in total. The van der Waals surface area contributed by atoms with Crippen LogP contribution in [0.1, 0.15) is 10.4 Å². The molecule has 0 aliphatic carbocycles. The third kappa shape index (κ3) is 4.65. The summed E-state index contributed by atoms with van der Waals surface area (Å²) in [5.41, 5.74) is 0.0596. The van der Waals surface area contributed by atoms with Gasteiger partial charge in [0.15, 0.2) is 12.4 Å². The van der Waals surface area contributed by atoms with Crippen LogP contribution in [-0.4, -0.2) is 61.6 Å². The van der Waals surface area contributed by atoms with E-state index in [1.54, 1.807) is 23.1 Å². The maximum absolute atomic E-state index is 13.9. The number of halogens is 1. The van der Waals surface area contributed by atoms with E-state index in [4.69, 9.17) is 4.74 Å². The summed E-state index contributed by atoms with van der Waals surface area (Å²) in [4.78, 5) is 38.0. The van der Waals surface area contributed by atoms with Crippen molar-refractivity contribution in [2.75, 3.05) is 44.8 Å². The van der Waals surface area contributed by atoms with Crippen LogP contribution in [0.4, 0.5) is 15.8 Å². The molecule has 0 radical (unpaired) electrons. The summed E-state index contributed by atoms with van der Waals surface area (Å²) in [6, 6.07) is 10.1. The molecule has 158 valence electrons. The second kappa shape index (κ2) is 9.21. The Morgan fingerprint density at radius 1 is 1.13 bits per heavy atom. The van der Waals surface area contributed by atoms with Crippen molar-refractivity contribution in [2.24, 2.45) is 0 Å². The second-order valence-corrected chi connectivity index (χ2v) is 6.54. The van der Waals surface area contributed by atoms with Crippen LogP contribution < -0.4 is 9.64 Å². The largest absolute Gasteiger partial charge is 0.477 e. The fraction of sp³-hybridized carbons (Fsp3) is 0.300. The standard InChI is InChI=1S/C20H20FN3O6/c1-29-20(26)14-6-7-18(17(12-14)24(27)28)30-13-19(25)23-10-8-22(9-11-23)16-5-3-2-4-15(16)21/h2-7,12H,8-11,13H2,1H3. The molecular formula is C20H20FN3O6. The Morgan fingerprint density at radius 3 is 2.47 bits per heavy atom. The molecule has 1 aliphatic heterocycles. The summed E-state index contributed by atoms with van der Waals surface area (Å²) in [7, 11) is 1.17. The smallest absolute Gasteiger partial charge is 0.338 e. The van der Waals surface area contributed by atoms with Gasteiger partial charge < -0.3 is 19.3 Å². The first-order chi connectivity index (χ1) is 14.4. The Bertz CT molecular complexity index is 959. The van der Waals surface area contributed by atoms with Crippen molar-refractivity contribution in [1.29, 1.82) is 0 Å². The molecule has 0 aromatic heterocycles. The zero-order valence-electron chi connectivity index (χ0n) is 16.2. The van der Waals surface area contributed by atoms with Gasteiger partial charge in [0.25, 0.3) is 5.91 Å². The molecule has 0 unspecified atom stereocenters. The van der Waals surface area contributed by atoms with E-state index in [1.807, 2.05) is 4.90 Å². The number of ether oxygens (including phenoxy) is 2. The lowest BCUT2D eigenvalue weighted by Gasteiger charge is -2.36. The number of rotatable bonds is 6. The van der Waals surface area contributed by atoms with Crippen LogP contribution in [0.25, 0.3) is 0 Å². The molecule has 1 fully saturated rings. The molecule has 10 heteroatoms. The molecule has 0 spiro atoms. The number of hydrogen-bond donors (Lipinski definition) is 0. The first-order valence-corrected chi connectivity index (χ1v) is 9.17. The van der Waals surface area contributed by atoms with Crippen molar-refractivity contribution in [3.05, 3.63) is 64.0 Å². The molecular weight excluding hydrogens is 397 g/mol.